The lowest BCUT2D eigenvalue weighted by Gasteiger charge is -2.30. The van der Waals surface area contributed by atoms with Gasteiger partial charge in [0.25, 0.3) is 5.91 Å². The van der Waals surface area contributed by atoms with Crippen molar-refractivity contribution in [3.05, 3.63) is 54.4 Å². The Labute approximate surface area is 146 Å². The van der Waals surface area contributed by atoms with Gasteiger partial charge in [-0.2, -0.15) is 0 Å². The van der Waals surface area contributed by atoms with Gasteiger partial charge >= 0.3 is 0 Å². The first-order chi connectivity index (χ1) is 11.8. The Morgan fingerprint density at radius 2 is 2.17 bits per heavy atom. The number of hydrogen-bond acceptors (Lipinski definition) is 5. The van der Waals surface area contributed by atoms with E-state index < -0.39 is 6.10 Å². The molecule has 24 heavy (non-hydrogen) atoms. The van der Waals surface area contributed by atoms with Crippen molar-refractivity contribution in [1.29, 1.82) is 0 Å². The zero-order valence-corrected chi connectivity index (χ0v) is 14.4. The van der Waals surface area contributed by atoms with E-state index in [0.29, 0.717) is 25.4 Å². The van der Waals surface area contributed by atoms with Crippen LogP contribution < -0.4 is 4.74 Å². The zero-order valence-electron chi connectivity index (χ0n) is 13.6. The second kappa shape index (κ2) is 8.17. The summed E-state index contributed by atoms with van der Waals surface area (Å²) in [6.45, 7) is 1.45. The van der Waals surface area contributed by atoms with Crippen LogP contribution in [0.5, 0.6) is 5.75 Å². The molecular weight excluding hydrogens is 324 g/mol. The van der Waals surface area contributed by atoms with E-state index in [0.717, 1.165) is 16.3 Å². The quantitative estimate of drug-likeness (QED) is 0.806. The van der Waals surface area contributed by atoms with E-state index in [-0.39, 0.29) is 5.91 Å². The van der Waals surface area contributed by atoms with Gasteiger partial charge in [0.05, 0.1) is 18.8 Å². The van der Waals surface area contributed by atoms with Crippen LogP contribution in [0.15, 0.2) is 53.6 Å². The highest BCUT2D eigenvalue weighted by Crippen LogP contribution is 2.35. The number of hydrogen-bond donors (Lipinski definition) is 0. The van der Waals surface area contributed by atoms with E-state index in [2.05, 4.69) is 4.98 Å². The Morgan fingerprint density at radius 3 is 2.96 bits per heavy atom. The number of nitrogens with zero attached hydrogens (tertiary/aromatic N) is 2. The number of thioether (sulfide) groups is 1. The average Bonchev–Trinajstić information content (AvgIpc) is 2.65. The number of pyridine rings is 1. The van der Waals surface area contributed by atoms with E-state index >= 15 is 0 Å². The highest BCUT2D eigenvalue weighted by molar-refractivity contribution is 7.99. The standard InChI is InChI=1S/C18H20N2O3S/c1-22-11-10-20(12-14-6-4-5-9-19-14)18(21)16-13-24-17-8-3-2-7-15(17)23-16/h2-9,16H,10-13H2,1H3/t16-/m0/s1. The monoisotopic (exact) mass is 344 g/mol. The van der Waals surface area contributed by atoms with E-state index in [4.69, 9.17) is 9.47 Å². The lowest BCUT2D eigenvalue weighted by atomic mass is 10.2. The average molecular weight is 344 g/mol. The number of aromatic nitrogens is 1. The van der Waals surface area contributed by atoms with Crippen molar-refractivity contribution in [3.63, 3.8) is 0 Å². The second-order valence-corrected chi connectivity index (χ2v) is 6.50. The van der Waals surface area contributed by atoms with Gasteiger partial charge in [0.1, 0.15) is 5.75 Å². The Morgan fingerprint density at radius 1 is 1.33 bits per heavy atom. The molecular formula is C18H20N2O3S. The molecule has 2 aromatic rings. The molecule has 3 rings (SSSR count). The predicted molar refractivity (Wildman–Crippen MR) is 93.1 cm³/mol. The molecule has 0 radical (unpaired) electrons. The second-order valence-electron chi connectivity index (χ2n) is 5.44. The van der Waals surface area contributed by atoms with Crippen molar-refractivity contribution in [2.24, 2.45) is 0 Å². The minimum absolute atomic E-state index is 0.0280. The molecule has 1 aromatic carbocycles. The number of fused-ring (bicyclic) bond motifs is 1. The number of carbonyl (C=O) groups excluding carboxylic acids is 1. The maximum Gasteiger partial charge on any atom is 0.264 e. The number of methoxy groups -OCH3 is 1. The lowest BCUT2D eigenvalue weighted by molar-refractivity contribution is -0.139. The fourth-order valence-electron chi connectivity index (χ4n) is 2.50. The molecule has 0 fully saturated rings. The molecule has 0 saturated carbocycles. The molecule has 0 bridgehead atoms. The Bertz CT molecular complexity index is 681. The summed E-state index contributed by atoms with van der Waals surface area (Å²) in [5.41, 5.74) is 0.853. The van der Waals surface area contributed by atoms with Crippen LogP contribution in [0.2, 0.25) is 0 Å². The summed E-state index contributed by atoms with van der Waals surface area (Å²) < 4.78 is 11.1. The summed E-state index contributed by atoms with van der Waals surface area (Å²) in [7, 11) is 1.63. The lowest BCUT2D eigenvalue weighted by Crippen LogP contribution is -2.45. The van der Waals surface area contributed by atoms with Crippen molar-refractivity contribution in [3.8, 4) is 5.75 Å². The first kappa shape index (κ1) is 16.8. The van der Waals surface area contributed by atoms with Crippen molar-refractivity contribution in [2.45, 2.75) is 17.5 Å². The van der Waals surface area contributed by atoms with E-state index in [1.165, 1.54) is 0 Å². The van der Waals surface area contributed by atoms with Crippen LogP contribution in [0, 0.1) is 0 Å². The molecule has 1 amide bonds. The van der Waals surface area contributed by atoms with Crippen molar-refractivity contribution in [2.75, 3.05) is 26.0 Å². The van der Waals surface area contributed by atoms with Crippen molar-refractivity contribution >= 4 is 17.7 Å². The van der Waals surface area contributed by atoms with Gasteiger partial charge in [-0.15, -0.1) is 11.8 Å². The van der Waals surface area contributed by atoms with Crippen LogP contribution in [-0.4, -0.2) is 47.9 Å². The number of carbonyl (C=O) groups is 1. The SMILES string of the molecule is COCCN(Cc1ccccn1)C(=O)[C@@H]1CSc2ccccc2O1. The van der Waals surface area contributed by atoms with E-state index in [1.54, 1.807) is 30.0 Å². The molecule has 0 N–H and O–H groups in total. The van der Waals surface area contributed by atoms with Crippen LogP contribution in [0.1, 0.15) is 5.69 Å². The summed E-state index contributed by atoms with van der Waals surface area (Å²) in [4.78, 5) is 20.1. The molecule has 1 aliphatic rings. The minimum atomic E-state index is -0.481. The van der Waals surface area contributed by atoms with Gasteiger partial charge in [-0.3, -0.25) is 9.78 Å². The van der Waals surface area contributed by atoms with Gasteiger partial charge in [0.15, 0.2) is 6.10 Å². The van der Waals surface area contributed by atoms with E-state index in [1.807, 2.05) is 42.5 Å². The minimum Gasteiger partial charge on any atom is -0.479 e. The molecule has 5 nitrogen and oxygen atoms in total. The molecule has 6 heteroatoms. The van der Waals surface area contributed by atoms with Crippen LogP contribution in [0.25, 0.3) is 0 Å². The highest BCUT2D eigenvalue weighted by atomic mass is 32.2. The zero-order chi connectivity index (χ0) is 16.8. The Hall–Kier alpha value is -2.05. The van der Waals surface area contributed by atoms with Gasteiger partial charge in [-0.05, 0) is 24.3 Å². The number of rotatable bonds is 6. The molecule has 0 saturated heterocycles. The smallest absolute Gasteiger partial charge is 0.264 e. The van der Waals surface area contributed by atoms with Crippen molar-refractivity contribution in [1.82, 2.24) is 9.88 Å². The predicted octanol–water partition coefficient (Wildman–Crippen LogP) is 2.61. The number of amides is 1. The maximum atomic E-state index is 12.9. The molecule has 0 spiro atoms. The van der Waals surface area contributed by atoms with Crippen LogP contribution in [-0.2, 0) is 16.1 Å². The number of para-hydroxylation sites is 1. The van der Waals surface area contributed by atoms with Gasteiger partial charge in [-0.1, -0.05) is 18.2 Å². The maximum absolute atomic E-state index is 12.9. The Kier molecular flexibility index (Phi) is 5.72. The van der Waals surface area contributed by atoms with Crippen LogP contribution in [0.4, 0.5) is 0 Å². The fourth-order valence-corrected chi connectivity index (χ4v) is 3.48. The summed E-state index contributed by atoms with van der Waals surface area (Å²) in [6.07, 6.45) is 1.25. The summed E-state index contributed by atoms with van der Waals surface area (Å²) in [6, 6.07) is 13.5. The third-order valence-corrected chi connectivity index (χ3v) is 4.86. The first-order valence-electron chi connectivity index (χ1n) is 7.84. The Balaban J connectivity index is 1.71. The number of ether oxygens (including phenoxy) is 2. The molecule has 0 aliphatic carbocycles. The van der Waals surface area contributed by atoms with Gasteiger partial charge in [0.2, 0.25) is 0 Å². The molecule has 2 heterocycles. The number of benzene rings is 1. The molecule has 126 valence electrons. The van der Waals surface area contributed by atoms with Gasteiger partial charge < -0.3 is 14.4 Å². The largest absolute Gasteiger partial charge is 0.479 e. The summed E-state index contributed by atoms with van der Waals surface area (Å²) >= 11 is 1.65. The highest BCUT2D eigenvalue weighted by Gasteiger charge is 2.30. The third-order valence-electron chi connectivity index (χ3n) is 3.74. The molecule has 1 aliphatic heterocycles. The molecule has 1 aromatic heterocycles. The van der Waals surface area contributed by atoms with Crippen molar-refractivity contribution < 1.29 is 14.3 Å². The van der Waals surface area contributed by atoms with Crippen LogP contribution in [0.3, 0.4) is 0 Å². The summed E-state index contributed by atoms with van der Waals surface area (Å²) in [5.74, 6) is 1.36. The van der Waals surface area contributed by atoms with E-state index in [9.17, 15) is 4.79 Å². The first-order valence-corrected chi connectivity index (χ1v) is 8.82. The molecule has 1 atom stereocenters. The topological polar surface area (TPSA) is 51.7 Å². The van der Waals surface area contributed by atoms with Gasteiger partial charge in [-0.25, -0.2) is 0 Å². The summed E-state index contributed by atoms with van der Waals surface area (Å²) in [5, 5.41) is 0. The van der Waals surface area contributed by atoms with Gasteiger partial charge in [0, 0.05) is 30.5 Å². The third kappa shape index (κ3) is 4.07. The fraction of sp³-hybridized carbons (Fsp3) is 0.333. The normalized spacial score (nSPS) is 16.1. The molecule has 0 unspecified atom stereocenters. The van der Waals surface area contributed by atoms with Crippen LogP contribution >= 0.6 is 11.8 Å².